The molecule has 2 atom stereocenters. The molecule has 0 spiro atoms. The Kier molecular flexibility index (Phi) is 4.08. The van der Waals surface area contributed by atoms with E-state index in [1.54, 1.807) is 16.7 Å². The molecule has 0 N–H and O–H groups in total. The fourth-order valence-electron chi connectivity index (χ4n) is 4.04. The number of hydrogen-bond acceptors (Lipinski definition) is 4. The molecule has 3 amide bonds. The summed E-state index contributed by atoms with van der Waals surface area (Å²) < 4.78 is 0. The normalized spacial score (nSPS) is 26.3. The second-order valence-electron chi connectivity index (χ2n) is 6.62. The molecule has 3 aliphatic rings. The fraction of sp³-hybridized carbons (Fsp3) is 0.500. The van der Waals surface area contributed by atoms with Crippen molar-refractivity contribution in [2.24, 2.45) is 11.8 Å². The molecular weight excluding hydrogens is 324 g/mol. The number of benzene rings is 1. The van der Waals surface area contributed by atoms with Gasteiger partial charge in [-0.05, 0) is 25.0 Å². The van der Waals surface area contributed by atoms with Crippen LogP contribution in [-0.2, 0) is 14.4 Å². The zero-order valence-electron chi connectivity index (χ0n) is 13.4. The largest absolute Gasteiger partial charge is 0.309 e. The lowest BCUT2D eigenvalue weighted by atomic mass is 9.81. The molecule has 1 aromatic rings. The molecule has 2 aliphatic heterocycles. The first-order valence-corrected chi connectivity index (χ1v) is 9.53. The van der Waals surface area contributed by atoms with Gasteiger partial charge in [-0.15, -0.1) is 11.8 Å². The number of carbonyl (C=O) groups excluding carboxylic acids is 3. The van der Waals surface area contributed by atoms with E-state index in [0.717, 1.165) is 42.0 Å². The van der Waals surface area contributed by atoms with Crippen molar-refractivity contribution in [3.63, 3.8) is 0 Å². The van der Waals surface area contributed by atoms with E-state index in [1.807, 2.05) is 24.3 Å². The van der Waals surface area contributed by atoms with Gasteiger partial charge < -0.3 is 4.90 Å². The monoisotopic (exact) mass is 344 g/mol. The number of hydrogen-bond donors (Lipinski definition) is 0. The highest BCUT2D eigenvalue weighted by atomic mass is 32.2. The summed E-state index contributed by atoms with van der Waals surface area (Å²) in [4.78, 5) is 41.9. The van der Waals surface area contributed by atoms with E-state index in [0.29, 0.717) is 6.54 Å². The van der Waals surface area contributed by atoms with Gasteiger partial charge in [0.2, 0.25) is 17.7 Å². The van der Waals surface area contributed by atoms with Gasteiger partial charge in [0.1, 0.15) is 6.54 Å². The van der Waals surface area contributed by atoms with Crippen LogP contribution >= 0.6 is 11.8 Å². The molecule has 24 heavy (non-hydrogen) atoms. The summed E-state index contributed by atoms with van der Waals surface area (Å²) in [5, 5.41) is 0. The molecule has 1 aliphatic carbocycles. The number of carbonyl (C=O) groups is 3. The van der Waals surface area contributed by atoms with E-state index in [4.69, 9.17) is 0 Å². The van der Waals surface area contributed by atoms with Crippen molar-refractivity contribution in [2.45, 2.75) is 30.6 Å². The van der Waals surface area contributed by atoms with E-state index in [-0.39, 0.29) is 36.1 Å². The molecule has 0 aromatic heterocycles. The van der Waals surface area contributed by atoms with E-state index in [2.05, 4.69) is 0 Å². The van der Waals surface area contributed by atoms with Crippen molar-refractivity contribution in [3.8, 4) is 0 Å². The number of likely N-dealkylation sites (tertiary alicyclic amines) is 1. The molecule has 4 rings (SSSR count). The lowest BCUT2D eigenvalue weighted by Crippen LogP contribution is -2.45. The summed E-state index contributed by atoms with van der Waals surface area (Å²) in [6.45, 7) is 0.493. The predicted molar refractivity (Wildman–Crippen MR) is 91.7 cm³/mol. The Bertz CT molecular complexity index is 681. The summed E-state index contributed by atoms with van der Waals surface area (Å²) in [5.74, 6) is 0.000587. The SMILES string of the molecule is O=C1C2CCCCC2C(=O)N1CC(=O)N1CCSc2ccccc21. The first-order valence-electron chi connectivity index (χ1n) is 8.54. The summed E-state index contributed by atoms with van der Waals surface area (Å²) in [7, 11) is 0. The van der Waals surface area contributed by atoms with Crippen molar-refractivity contribution in [2.75, 3.05) is 23.7 Å². The van der Waals surface area contributed by atoms with Crippen LogP contribution in [0.1, 0.15) is 25.7 Å². The number of imide groups is 1. The van der Waals surface area contributed by atoms with Gasteiger partial charge in [-0.25, -0.2) is 0 Å². The maximum atomic E-state index is 12.8. The molecule has 1 saturated heterocycles. The standard InChI is InChI=1S/C18H20N2O3S/c21-16(19-9-10-24-15-8-4-3-7-14(15)19)11-20-17(22)12-5-1-2-6-13(12)18(20)23/h3-4,7-8,12-13H,1-2,5-6,9-11H2. The molecule has 2 unspecified atom stereocenters. The van der Waals surface area contributed by atoms with E-state index >= 15 is 0 Å². The van der Waals surface area contributed by atoms with Gasteiger partial charge in [0.05, 0.1) is 17.5 Å². The third kappa shape index (κ3) is 2.53. The molecule has 126 valence electrons. The number of amides is 3. The number of thioether (sulfide) groups is 1. The minimum Gasteiger partial charge on any atom is -0.309 e. The zero-order chi connectivity index (χ0) is 16.7. The minimum absolute atomic E-state index is 0.121. The average molecular weight is 344 g/mol. The van der Waals surface area contributed by atoms with Gasteiger partial charge in [-0.1, -0.05) is 25.0 Å². The lowest BCUT2D eigenvalue weighted by molar-refractivity contribution is -0.143. The third-order valence-corrected chi connectivity index (χ3v) is 6.30. The Labute approximate surface area is 145 Å². The molecule has 5 nitrogen and oxygen atoms in total. The maximum absolute atomic E-state index is 12.8. The van der Waals surface area contributed by atoms with Crippen LogP contribution in [0.25, 0.3) is 0 Å². The van der Waals surface area contributed by atoms with Crippen LogP contribution in [0.5, 0.6) is 0 Å². The van der Waals surface area contributed by atoms with E-state index in [9.17, 15) is 14.4 Å². The molecular formula is C18H20N2O3S. The Balaban J connectivity index is 1.53. The van der Waals surface area contributed by atoms with Gasteiger partial charge in [0.15, 0.2) is 0 Å². The van der Waals surface area contributed by atoms with Crippen molar-refractivity contribution in [1.29, 1.82) is 0 Å². The molecule has 2 heterocycles. The minimum atomic E-state index is -0.191. The summed E-state index contributed by atoms with van der Waals surface area (Å²) in [6.07, 6.45) is 3.56. The zero-order valence-corrected chi connectivity index (χ0v) is 14.3. The van der Waals surface area contributed by atoms with Crippen LogP contribution in [0.4, 0.5) is 5.69 Å². The highest BCUT2D eigenvalue weighted by Gasteiger charge is 2.48. The lowest BCUT2D eigenvalue weighted by Gasteiger charge is -2.30. The van der Waals surface area contributed by atoms with Crippen molar-refractivity contribution in [1.82, 2.24) is 4.90 Å². The van der Waals surface area contributed by atoms with Crippen LogP contribution in [-0.4, -0.2) is 41.5 Å². The third-order valence-electron chi connectivity index (χ3n) is 5.26. The van der Waals surface area contributed by atoms with Crippen LogP contribution in [0.2, 0.25) is 0 Å². The quantitative estimate of drug-likeness (QED) is 0.773. The van der Waals surface area contributed by atoms with Gasteiger partial charge in [0.25, 0.3) is 0 Å². The number of nitrogens with zero attached hydrogens (tertiary/aromatic N) is 2. The smallest absolute Gasteiger partial charge is 0.247 e. The number of rotatable bonds is 2. The highest BCUT2D eigenvalue weighted by Crippen LogP contribution is 2.38. The Morgan fingerprint density at radius 3 is 2.46 bits per heavy atom. The first kappa shape index (κ1) is 15.7. The Morgan fingerprint density at radius 1 is 1.08 bits per heavy atom. The molecule has 0 radical (unpaired) electrons. The van der Waals surface area contributed by atoms with Gasteiger partial charge in [-0.2, -0.15) is 0 Å². The van der Waals surface area contributed by atoms with Gasteiger partial charge in [-0.3, -0.25) is 19.3 Å². The van der Waals surface area contributed by atoms with E-state index < -0.39 is 0 Å². The van der Waals surface area contributed by atoms with Gasteiger partial charge >= 0.3 is 0 Å². The Morgan fingerprint density at radius 2 is 1.75 bits per heavy atom. The number of anilines is 1. The van der Waals surface area contributed by atoms with Crippen LogP contribution < -0.4 is 4.90 Å². The predicted octanol–water partition coefficient (Wildman–Crippen LogP) is 2.30. The second-order valence-corrected chi connectivity index (χ2v) is 7.76. The maximum Gasteiger partial charge on any atom is 0.247 e. The average Bonchev–Trinajstić information content (AvgIpc) is 2.86. The van der Waals surface area contributed by atoms with Crippen LogP contribution in [0, 0.1) is 11.8 Å². The number of para-hydroxylation sites is 1. The summed E-state index contributed by atoms with van der Waals surface area (Å²) >= 11 is 1.73. The number of fused-ring (bicyclic) bond motifs is 2. The highest BCUT2D eigenvalue weighted by molar-refractivity contribution is 7.99. The molecule has 1 aromatic carbocycles. The molecule has 2 fully saturated rings. The summed E-state index contributed by atoms with van der Waals surface area (Å²) in [5.41, 5.74) is 0.885. The molecule has 6 heteroatoms. The molecule has 0 bridgehead atoms. The van der Waals surface area contributed by atoms with E-state index in [1.165, 1.54) is 4.90 Å². The second kappa shape index (κ2) is 6.24. The van der Waals surface area contributed by atoms with Gasteiger partial charge in [0, 0.05) is 17.2 Å². The first-order chi connectivity index (χ1) is 11.7. The summed E-state index contributed by atoms with van der Waals surface area (Å²) in [6, 6.07) is 7.79. The van der Waals surface area contributed by atoms with Crippen molar-refractivity contribution in [3.05, 3.63) is 24.3 Å². The topological polar surface area (TPSA) is 57.7 Å². The van der Waals surface area contributed by atoms with Crippen molar-refractivity contribution >= 4 is 35.2 Å². The Hall–Kier alpha value is -1.82. The van der Waals surface area contributed by atoms with Crippen molar-refractivity contribution < 1.29 is 14.4 Å². The van der Waals surface area contributed by atoms with Crippen LogP contribution in [0.15, 0.2) is 29.2 Å². The van der Waals surface area contributed by atoms with Crippen LogP contribution in [0.3, 0.4) is 0 Å². The molecule has 1 saturated carbocycles. The fourth-order valence-corrected chi connectivity index (χ4v) is 5.03.